The maximum atomic E-state index is 13.1. The zero-order valence-corrected chi connectivity index (χ0v) is 23.5. The number of hydrogen-bond donors (Lipinski definition) is 0. The molecule has 0 saturated carbocycles. The van der Waals surface area contributed by atoms with Crippen molar-refractivity contribution in [1.29, 1.82) is 0 Å². The molecule has 0 atom stereocenters. The van der Waals surface area contributed by atoms with Crippen molar-refractivity contribution in [3.8, 4) is 0 Å². The summed E-state index contributed by atoms with van der Waals surface area (Å²) < 4.78 is 34.1. The van der Waals surface area contributed by atoms with Crippen LogP contribution >= 0.6 is 23.2 Å². The number of benzene rings is 3. The van der Waals surface area contributed by atoms with Crippen LogP contribution in [0.1, 0.15) is 42.6 Å². The number of halogens is 2. The van der Waals surface area contributed by atoms with Gasteiger partial charge in [-0.1, -0.05) is 72.9 Å². The predicted octanol–water partition coefficient (Wildman–Crippen LogP) is 6.45. The molecule has 3 aromatic carbocycles. The molecule has 0 unspecified atom stereocenters. The molecule has 37 heavy (non-hydrogen) atoms. The van der Waals surface area contributed by atoms with Crippen molar-refractivity contribution in [3.63, 3.8) is 0 Å². The molecule has 8 heteroatoms. The maximum Gasteiger partial charge on any atom is 0.243 e. The molecule has 0 N–H and O–H groups in total. The highest BCUT2D eigenvalue weighted by molar-refractivity contribution is 7.89. The van der Waals surface area contributed by atoms with Gasteiger partial charge in [-0.3, -0.25) is 0 Å². The molecule has 3 aromatic rings. The van der Waals surface area contributed by atoms with Gasteiger partial charge in [0.05, 0.1) is 4.90 Å². The summed E-state index contributed by atoms with van der Waals surface area (Å²) in [4.78, 5) is 2.68. The topological polar surface area (TPSA) is 49.9 Å². The normalized spacial score (nSPS) is 15.4. The lowest BCUT2D eigenvalue weighted by Gasteiger charge is -2.34. The smallest absolute Gasteiger partial charge is 0.243 e. The number of sulfonamides is 1. The predicted molar refractivity (Wildman–Crippen MR) is 151 cm³/mol. The third-order valence-electron chi connectivity index (χ3n) is 6.68. The molecular formula is C29H34Cl2N2O3S. The van der Waals surface area contributed by atoms with Crippen LogP contribution in [0, 0.1) is 0 Å². The summed E-state index contributed by atoms with van der Waals surface area (Å²) in [6.07, 6.45) is 2.65. The minimum absolute atomic E-state index is 0.208. The fourth-order valence-electron chi connectivity index (χ4n) is 4.61. The summed E-state index contributed by atoms with van der Waals surface area (Å²) in [7, 11) is -3.46. The van der Waals surface area contributed by atoms with Crippen LogP contribution in [-0.4, -0.2) is 57.0 Å². The van der Waals surface area contributed by atoms with Gasteiger partial charge in [0.15, 0.2) is 0 Å². The zero-order chi connectivity index (χ0) is 26.3. The summed E-state index contributed by atoms with van der Waals surface area (Å²) in [5.74, 6) is 0. The minimum Gasteiger partial charge on any atom is -0.369 e. The quantitative estimate of drug-likeness (QED) is 0.253. The summed E-state index contributed by atoms with van der Waals surface area (Å²) in [6, 6.07) is 22.7. The molecule has 198 valence electrons. The van der Waals surface area contributed by atoms with Gasteiger partial charge in [-0.05, 0) is 65.9 Å². The lowest BCUT2D eigenvalue weighted by atomic mass is 10.0. The van der Waals surface area contributed by atoms with Gasteiger partial charge in [0, 0.05) is 49.4 Å². The van der Waals surface area contributed by atoms with Gasteiger partial charge in [-0.25, -0.2) is 8.42 Å². The van der Waals surface area contributed by atoms with Crippen LogP contribution in [0.5, 0.6) is 0 Å². The minimum atomic E-state index is -3.46. The van der Waals surface area contributed by atoms with Crippen LogP contribution in [0.3, 0.4) is 0 Å². The summed E-state index contributed by atoms with van der Waals surface area (Å²) in [6.45, 7) is 5.98. The van der Waals surface area contributed by atoms with Crippen molar-refractivity contribution in [2.45, 2.75) is 37.2 Å². The number of aryl methyl sites for hydroxylation is 1. The lowest BCUT2D eigenvalue weighted by molar-refractivity contribution is 0.0686. The molecule has 0 aromatic heterocycles. The SMILES string of the molecule is CCCc1ccc(S(=O)(=O)N2CCN(CCCOC(c3ccc(Cl)cc3)c3ccc(Cl)cc3)CC2)cc1. The molecule has 0 radical (unpaired) electrons. The zero-order valence-electron chi connectivity index (χ0n) is 21.2. The molecule has 0 amide bonds. The second kappa shape index (κ2) is 13.2. The van der Waals surface area contributed by atoms with E-state index in [1.165, 1.54) is 5.56 Å². The largest absolute Gasteiger partial charge is 0.369 e. The first-order valence-electron chi connectivity index (χ1n) is 12.8. The molecule has 5 nitrogen and oxygen atoms in total. The Bertz CT molecular complexity index is 1180. The second-order valence-corrected chi connectivity index (χ2v) is 12.2. The maximum absolute atomic E-state index is 13.1. The third kappa shape index (κ3) is 7.56. The van der Waals surface area contributed by atoms with Crippen molar-refractivity contribution in [2.24, 2.45) is 0 Å². The van der Waals surface area contributed by atoms with E-state index in [4.69, 9.17) is 27.9 Å². The van der Waals surface area contributed by atoms with Crippen LogP contribution < -0.4 is 0 Å². The standard InChI is InChI=1S/C29H34Cl2N2O3S/c1-2-4-23-5-15-28(16-6-23)37(34,35)33-20-18-32(19-21-33)17-3-22-36-29(24-7-11-26(30)12-8-24)25-9-13-27(31)14-10-25/h5-16,29H,2-4,17-22H2,1H3. The first-order valence-corrected chi connectivity index (χ1v) is 15.0. The monoisotopic (exact) mass is 560 g/mol. The van der Waals surface area contributed by atoms with E-state index in [1.54, 1.807) is 16.4 Å². The molecule has 0 aliphatic carbocycles. The average molecular weight is 562 g/mol. The molecular weight excluding hydrogens is 527 g/mol. The van der Waals surface area contributed by atoms with Crippen molar-refractivity contribution in [3.05, 3.63) is 99.5 Å². The highest BCUT2D eigenvalue weighted by atomic mass is 35.5. The molecule has 4 rings (SSSR count). The van der Waals surface area contributed by atoms with E-state index in [2.05, 4.69) is 11.8 Å². The molecule has 1 aliphatic heterocycles. The molecule has 1 saturated heterocycles. The summed E-state index contributed by atoms with van der Waals surface area (Å²) in [5.41, 5.74) is 3.24. The van der Waals surface area contributed by atoms with E-state index in [0.717, 1.165) is 36.9 Å². The Balaban J connectivity index is 1.27. The first kappa shape index (κ1) is 28.1. The Morgan fingerprint density at radius 3 is 1.86 bits per heavy atom. The fraction of sp³-hybridized carbons (Fsp3) is 0.379. The van der Waals surface area contributed by atoms with Gasteiger partial charge in [-0.2, -0.15) is 4.31 Å². The van der Waals surface area contributed by atoms with Gasteiger partial charge < -0.3 is 9.64 Å². The van der Waals surface area contributed by atoms with Crippen molar-refractivity contribution in [2.75, 3.05) is 39.3 Å². The lowest BCUT2D eigenvalue weighted by Crippen LogP contribution is -2.48. The van der Waals surface area contributed by atoms with E-state index in [9.17, 15) is 8.42 Å². The summed E-state index contributed by atoms with van der Waals surface area (Å²) >= 11 is 12.2. The number of piperazine rings is 1. The van der Waals surface area contributed by atoms with Crippen LogP contribution in [-0.2, 0) is 21.2 Å². The number of hydrogen-bond acceptors (Lipinski definition) is 4. The number of ether oxygens (including phenoxy) is 1. The van der Waals surface area contributed by atoms with Gasteiger partial charge in [-0.15, -0.1) is 0 Å². The van der Waals surface area contributed by atoms with E-state index < -0.39 is 10.0 Å². The molecule has 1 fully saturated rings. The molecule has 1 heterocycles. The Hall–Kier alpha value is -1.93. The van der Waals surface area contributed by atoms with Gasteiger partial charge in [0.1, 0.15) is 6.10 Å². The molecule has 1 aliphatic rings. The Kier molecular flexibility index (Phi) is 10.0. The van der Waals surface area contributed by atoms with E-state index >= 15 is 0 Å². The number of nitrogens with zero attached hydrogens (tertiary/aromatic N) is 2. The van der Waals surface area contributed by atoms with Crippen molar-refractivity contribution in [1.82, 2.24) is 9.21 Å². The fourth-order valence-corrected chi connectivity index (χ4v) is 6.28. The third-order valence-corrected chi connectivity index (χ3v) is 9.10. The second-order valence-electron chi connectivity index (χ2n) is 9.35. The average Bonchev–Trinajstić information content (AvgIpc) is 2.91. The van der Waals surface area contributed by atoms with Gasteiger partial charge in [0.2, 0.25) is 10.0 Å². The Morgan fingerprint density at radius 1 is 0.811 bits per heavy atom. The van der Waals surface area contributed by atoms with Gasteiger partial charge >= 0.3 is 0 Å². The number of rotatable bonds is 11. The van der Waals surface area contributed by atoms with Crippen molar-refractivity contribution >= 4 is 33.2 Å². The Labute approximate surface area is 231 Å². The molecule has 0 bridgehead atoms. The van der Waals surface area contributed by atoms with E-state index in [0.29, 0.717) is 47.7 Å². The first-order chi connectivity index (χ1) is 17.9. The van der Waals surface area contributed by atoms with Crippen LogP contribution in [0.15, 0.2) is 77.7 Å². The molecule has 0 spiro atoms. The Morgan fingerprint density at radius 2 is 1.35 bits per heavy atom. The van der Waals surface area contributed by atoms with Crippen molar-refractivity contribution < 1.29 is 13.2 Å². The van der Waals surface area contributed by atoms with Crippen LogP contribution in [0.25, 0.3) is 0 Å². The summed E-state index contributed by atoms with van der Waals surface area (Å²) in [5, 5.41) is 1.38. The highest BCUT2D eigenvalue weighted by Crippen LogP contribution is 2.28. The van der Waals surface area contributed by atoms with Crippen LogP contribution in [0.2, 0.25) is 10.0 Å². The van der Waals surface area contributed by atoms with E-state index in [-0.39, 0.29) is 6.10 Å². The highest BCUT2D eigenvalue weighted by Gasteiger charge is 2.28. The van der Waals surface area contributed by atoms with Crippen LogP contribution in [0.4, 0.5) is 0 Å². The van der Waals surface area contributed by atoms with Gasteiger partial charge in [0.25, 0.3) is 0 Å². The van der Waals surface area contributed by atoms with E-state index in [1.807, 2.05) is 60.7 Å².